The number of benzene rings is 2. The molecule has 0 aliphatic carbocycles. The SMILES string of the molecule is COc1ccc(COc2ccc(C)cc2)cc1C(N)=NO. The number of nitrogens with two attached hydrogens (primary N) is 1. The second-order valence-corrected chi connectivity index (χ2v) is 4.62. The van der Waals surface area contributed by atoms with Crippen molar-refractivity contribution in [2.24, 2.45) is 10.9 Å². The highest BCUT2D eigenvalue weighted by molar-refractivity contribution is 5.99. The number of rotatable bonds is 5. The minimum Gasteiger partial charge on any atom is -0.496 e. The van der Waals surface area contributed by atoms with Gasteiger partial charge in [0.25, 0.3) is 0 Å². The molecular weight excluding hydrogens is 268 g/mol. The molecule has 0 amide bonds. The van der Waals surface area contributed by atoms with E-state index in [1.165, 1.54) is 12.7 Å². The van der Waals surface area contributed by atoms with Crippen molar-refractivity contribution in [3.05, 3.63) is 59.2 Å². The molecule has 5 heteroatoms. The van der Waals surface area contributed by atoms with Crippen molar-refractivity contribution in [2.45, 2.75) is 13.5 Å². The maximum absolute atomic E-state index is 8.81. The standard InChI is InChI=1S/C16H18N2O3/c1-11-3-6-13(7-4-11)21-10-12-5-8-15(20-2)14(9-12)16(17)18-19/h3-9,19H,10H2,1-2H3,(H2,17,18). The van der Waals surface area contributed by atoms with Gasteiger partial charge in [0, 0.05) is 0 Å². The third kappa shape index (κ3) is 3.66. The van der Waals surface area contributed by atoms with E-state index in [9.17, 15) is 0 Å². The summed E-state index contributed by atoms with van der Waals surface area (Å²) in [6.07, 6.45) is 0. The van der Waals surface area contributed by atoms with Crippen LogP contribution in [0.25, 0.3) is 0 Å². The third-order valence-electron chi connectivity index (χ3n) is 3.07. The molecule has 0 aliphatic heterocycles. The number of methoxy groups -OCH3 is 1. The number of hydrogen-bond acceptors (Lipinski definition) is 4. The van der Waals surface area contributed by atoms with Crippen molar-refractivity contribution in [3.63, 3.8) is 0 Å². The molecule has 0 radical (unpaired) electrons. The summed E-state index contributed by atoms with van der Waals surface area (Å²) in [5.41, 5.74) is 8.26. The van der Waals surface area contributed by atoms with Gasteiger partial charge < -0.3 is 20.4 Å². The molecule has 0 saturated heterocycles. The van der Waals surface area contributed by atoms with Gasteiger partial charge >= 0.3 is 0 Å². The molecule has 3 N–H and O–H groups in total. The quantitative estimate of drug-likeness (QED) is 0.383. The van der Waals surface area contributed by atoms with Crippen LogP contribution in [0.3, 0.4) is 0 Å². The lowest BCUT2D eigenvalue weighted by Gasteiger charge is -2.11. The molecule has 0 aliphatic rings. The molecule has 2 aromatic rings. The molecule has 2 rings (SSSR count). The van der Waals surface area contributed by atoms with Crippen LogP contribution in [0.2, 0.25) is 0 Å². The summed E-state index contributed by atoms with van der Waals surface area (Å²) in [4.78, 5) is 0. The summed E-state index contributed by atoms with van der Waals surface area (Å²) in [6, 6.07) is 13.2. The number of nitrogens with zero attached hydrogens (tertiary/aromatic N) is 1. The van der Waals surface area contributed by atoms with Crippen LogP contribution in [0.5, 0.6) is 11.5 Å². The van der Waals surface area contributed by atoms with Crippen LogP contribution < -0.4 is 15.2 Å². The summed E-state index contributed by atoms with van der Waals surface area (Å²) < 4.78 is 10.9. The van der Waals surface area contributed by atoms with E-state index in [1.54, 1.807) is 12.1 Å². The lowest BCUT2D eigenvalue weighted by atomic mass is 10.1. The van der Waals surface area contributed by atoms with Crippen LogP contribution in [-0.4, -0.2) is 18.2 Å². The van der Waals surface area contributed by atoms with Crippen LogP contribution in [0.4, 0.5) is 0 Å². The Kier molecular flexibility index (Phi) is 4.66. The zero-order chi connectivity index (χ0) is 15.2. The number of hydrogen-bond donors (Lipinski definition) is 2. The monoisotopic (exact) mass is 286 g/mol. The van der Waals surface area contributed by atoms with Crippen molar-refractivity contribution in [2.75, 3.05) is 7.11 Å². The van der Waals surface area contributed by atoms with Crippen molar-refractivity contribution in [3.8, 4) is 11.5 Å². The zero-order valence-electron chi connectivity index (χ0n) is 12.0. The van der Waals surface area contributed by atoms with Gasteiger partial charge in [0.15, 0.2) is 5.84 Å². The molecule has 0 unspecified atom stereocenters. The van der Waals surface area contributed by atoms with E-state index in [2.05, 4.69) is 5.16 Å². The van der Waals surface area contributed by atoms with Gasteiger partial charge in [-0.05, 0) is 36.8 Å². The number of ether oxygens (including phenoxy) is 2. The van der Waals surface area contributed by atoms with Gasteiger partial charge in [0.05, 0.1) is 12.7 Å². The highest BCUT2D eigenvalue weighted by Crippen LogP contribution is 2.21. The average molecular weight is 286 g/mol. The van der Waals surface area contributed by atoms with Crippen LogP contribution in [0, 0.1) is 6.92 Å². The molecule has 0 aromatic heterocycles. The average Bonchev–Trinajstić information content (AvgIpc) is 2.53. The van der Waals surface area contributed by atoms with E-state index in [0.29, 0.717) is 17.9 Å². The first kappa shape index (κ1) is 14.7. The predicted molar refractivity (Wildman–Crippen MR) is 81.0 cm³/mol. The summed E-state index contributed by atoms with van der Waals surface area (Å²) in [6.45, 7) is 2.41. The molecule has 21 heavy (non-hydrogen) atoms. The minimum absolute atomic E-state index is 0.00374. The summed E-state index contributed by atoms with van der Waals surface area (Å²) in [7, 11) is 1.53. The molecule has 0 spiro atoms. The van der Waals surface area contributed by atoms with E-state index in [0.717, 1.165) is 11.3 Å². The second-order valence-electron chi connectivity index (χ2n) is 4.62. The molecule has 2 aromatic carbocycles. The molecule has 0 saturated carbocycles. The van der Waals surface area contributed by atoms with E-state index in [4.69, 9.17) is 20.4 Å². The summed E-state index contributed by atoms with van der Waals surface area (Å²) >= 11 is 0. The Morgan fingerprint density at radius 2 is 1.90 bits per heavy atom. The molecule has 0 fully saturated rings. The first-order chi connectivity index (χ1) is 10.1. The van der Waals surface area contributed by atoms with Gasteiger partial charge in [-0.25, -0.2) is 0 Å². The number of amidine groups is 1. The molecule has 110 valence electrons. The van der Waals surface area contributed by atoms with Gasteiger partial charge in [0.1, 0.15) is 18.1 Å². The van der Waals surface area contributed by atoms with E-state index in [-0.39, 0.29) is 5.84 Å². The fourth-order valence-electron chi connectivity index (χ4n) is 1.90. The lowest BCUT2D eigenvalue weighted by molar-refractivity contribution is 0.305. The van der Waals surface area contributed by atoms with Crippen molar-refractivity contribution < 1.29 is 14.7 Å². The first-order valence-corrected chi connectivity index (χ1v) is 6.48. The van der Waals surface area contributed by atoms with Crippen molar-refractivity contribution in [1.29, 1.82) is 0 Å². The Bertz CT molecular complexity index is 636. The Morgan fingerprint density at radius 1 is 1.19 bits per heavy atom. The topological polar surface area (TPSA) is 77.1 Å². The maximum atomic E-state index is 8.81. The van der Waals surface area contributed by atoms with Crippen LogP contribution in [0.15, 0.2) is 47.6 Å². The van der Waals surface area contributed by atoms with Crippen LogP contribution >= 0.6 is 0 Å². The summed E-state index contributed by atoms with van der Waals surface area (Å²) in [5.74, 6) is 1.34. The highest BCUT2D eigenvalue weighted by Gasteiger charge is 2.09. The molecule has 5 nitrogen and oxygen atoms in total. The van der Waals surface area contributed by atoms with Crippen LogP contribution in [0.1, 0.15) is 16.7 Å². The maximum Gasteiger partial charge on any atom is 0.173 e. The zero-order valence-corrected chi connectivity index (χ0v) is 12.0. The van der Waals surface area contributed by atoms with Gasteiger partial charge in [-0.2, -0.15) is 0 Å². The molecular formula is C16H18N2O3. The second kappa shape index (κ2) is 6.65. The molecule has 0 atom stereocenters. The molecule has 0 bridgehead atoms. The molecule has 0 heterocycles. The Hall–Kier alpha value is -2.69. The predicted octanol–water partition coefficient (Wildman–Crippen LogP) is 2.68. The van der Waals surface area contributed by atoms with Crippen LogP contribution in [-0.2, 0) is 6.61 Å². The van der Waals surface area contributed by atoms with Gasteiger partial charge in [0.2, 0.25) is 0 Å². The number of oxime groups is 1. The van der Waals surface area contributed by atoms with Gasteiger partial charge in [-0.3, -0.25) is 0 Å². The van der Waals surface area contributed by atoms with Crippen molar-refractivity contribution in [1.82, 2.24) is 0 Å². The van der Waals surface area contributed by atoms with Crippen molar-refractivity contribution >= 4 is 5.84 Å². The summed E-state index contributed by atoms with van der Waals surface area (Å²) in [5, 5.41) is 11.8. The first-order valence-electron chi connectivity index (χ1n) is 6.48. The Balaban J connectivity index is 2.15. The van der Waals surface area contributed by atoms with E-state index in [1.807, 2.05) is 37.3 Å². The Morgan fingerprint density at radius 3 is 2.52 bits per heavy atom. The number of aryl methyl sites for hydroxylation is 1. The van der Waals surface area contributed by atoms with E-state index >= 15 is 0 Å². The van der Waals surface area contributed by atoms with E-state index < -0.39 is 0 Å². The Labute approximate surface area is 123 Å². The fourth-order valence-corrected chi connectivity index (χ4v) is 1.90. The fraction of sp³-hybridized carbons (Fsp3) is 0.188. The minimum atomic E-state index is 0.00374. The lowest BCUT2D eigenvalue weighted by Crippen LogP contribution is -2.15. The smallest absolute Gasteiger partial charge is 0.173 e. The normalized spacial score (nSPS) is 11.2. The third-order valence-corrected chi connectivity index (χ3v) is 3.07. The largest absolute Gasteiger partial charge is 0.496 e. The van der Waals surface area contributed by atoms with Gasteiger partial charge in [-0.15, -0.1) is 0 Å². The van der Waals surface area contributed by atoms with Gasteiger partial charge in [-0.1, -0.05) is 28.9 Å². The highest BCUT2D eigenvalue weighted by atomic mass is 16.5.